The van der Waals surface area contributed by atoms with Crippen molar-refractivity contribution in [3.8, 4) is 5.75 Å². The Morgan fingerprint density at radius 1 is 1.35 bits per heavy atom. The van der Waals surface area contributed by atoms with E-state index in [9.17, 15) is 4.79 Å². The molecule has 0 bridgehead atoms. The Kier molecular flexibility index (Phi) is 4.47. The second kappa shape index (κ2) is 6.70. The van der Waals surface area contributed by atoms with Crippen LogP contribution in [0.25, 0.3) is 11.2 Å². The number of aromatic amines is 1. The molecule has 0 aliphatic heterocycles. The normalized spacial score (nSPS) is 12.1. The molecule has 1 atom stereocenters. The molecule has 7 heteroatoms. The highest BCUT2D eigenvalue weighted by atomic mass is 32.2. The number of carbonyl (C=O) groups excluding carboxylic acids is 1. The topological polar surface area (TPSA) is 79.9 Å². The van der Waals surface area contributed by atoms with Gasteiger partial charge in [-0.2, -0.15) is 0 Å². The van der Waals surface area contributed by atoms with Crippen molar-refractivity contribution in [2.45, 2.75) is 17.3 Å². The number of pyridine rings is 1. The summed E-state index contributed by atoms with van der Waals surface area (Å²) in [5, 5.41) is 3.24. The van der Waals surface area contributed by atoms with E-state index in [-0.39, 0.29) is 11.2 Å². The van der Waals surface area contributed by atoms with Crippen LogP contribution in [0, 0.1) is 0 Å². The molecule has 2 aromatic heterocycles. The summed E-state index contributed by atoms with van der Waals surface area (Å²) in [6.07, 6.45) is 1.69. The van der Waals surface area contributed by atoms with Crippen LogP contribution < -0.4 is 10.1 Å². The molecule has 1 aromatic carbocycles. The van der Waals surface area contributed by atoms with Crippen molar-refractivity contribution < 1.29 is 9.53 Å². The van der Waals surface area contributed by atoms with E-state index in [2.05, 4.69) is 20.3 Å². The smallest absolute Gasteiger partial charge is 0.237 e. The Hall–Kier alpha value is -2.54. The van der Waals surface area contributed by atoms with Crippen LogP contribution in [0.15, 0.2) is 47.8 Å². The van der Waals surface area contributed by atoms with Gasteiger partial charge in [0.05, 0.1) is 17.9 Å². The van der Waals surface area contributed by atoms with Gasteiger partial charge in [0, 0.05) is 18.0 Å². The number of anilines is 1. The summed E-state index contributed by atoms with van der Waals surface area (Å²) in [7, 11) is 1.59. The summed E-state index contributed by atoms with van der Waals surface area (Å²) in [6, 6.07) is 11.0. The lowest BCUT2D eigenvalue weighted by Gasteiger charge is -2.11. The van der Waals surface area contributed by atoms with Crippen LogP contribution in [-0.4, -0.2) is 33.2 Å². The number of imidazole rings is 1. The van der Waals surface area contributed by atoms with Crippen molar-refractivity contribution in [2.75, 3.05) is 12.4 Å². The second-order valence-electron chi connectivity index (χ2n) is 4.90. The highest BCUT2D eigenvalue weighted by Crippen LogP contribution is 2.24. The lowest BCUT2D eigenvalue weighted by atomic mass is 10.3. The van der Waals surface area contributed by atoms with Crippen LogP contribution >= 0.6 is 11.8 Å². The third-order valence-electron chi connectivity index (χ3n) is 3.23. The fourth-order valence-corrected chi connectivity index (χ4v) is 2.85. The number of hydrogen-bond donors (Lipinski definition) is 2. The minimum Gasteiger partial charge on any atom is -0.497 e. The van der Waals surface area contributed by atoms with E-state index in [0.29, 0.717) is 22.2 Å². The summed E-state index contributed by atoms with van der Waals surface area (Å²) >= 11 is 1.36. The average molecular weight is 328 g/mol. The minimum atomic E-state index is -0.304. The Morgan fingerprint density at radius 2 is 2.22 bits per heavy atom. The van der Waals surface area contributed by atoms with E-state index in [1.807, 2.05) is 37.3 Å². The van der Waals surface area contributed by atoms with Crippen LogP contribution in [-0.2, 0) is 4.79 Å². The molecule has 2 heterocycles. The van der Waals surface area contributed by atoms with Gasteiger partial charge in [0.15, 0.2) is 10.8 Å². The first kappa shape index (κ1) is 15.4. The Labute approximate surface area is 137 Å². The lowest BCUT2D eigenvalue weighted by molar-refractivity contribution is -0.115. The Bertz CT molecular complexity index is 801. The van der Waals surface area contributed by atoms with Gasteiger partial charge in [-0.3, -0.25) is 4.79 Å². The molecule has 2 N–H and O–H groups in total. The van der Waals surface area contributed by atoms with Gasteiger partial charge in [-0.25, -0.2) is 9.97 Å². The van der Waals surface area contributed by atoms with E-state index in [1.54, 1.807) is 19.4 Å². The molecular formula is C16H16N4O2S. The second-order valence-corrected chi connectivity index (χ2v) is 6.23. The van der Waals surface area contributed by atoms with Crippen LogP contribution in [0.2, 0.25) is 0 Å². The zero-order valence-electron chi connectivity index (χ0n) is 12.7. The number of fused-ring (bicyclic) bond motifs is 1. The first-order valence-corrected chi connectivity index (χ1v) is 7.96. The van der Waals surface area contributed by atoms with Gasteiger partial charge in [0.25, 0.3) is 0 Å². The number of aromatic nitrogens is 3. The molecule has 3 aromatic rings. The molecule has 0 radical (unpaired) electrons. The number of carbonyl (C=O) groups is 1. The van der Waals surface area contributed by atoms with Gasteiger partial charge < -0.3 is 15.0 Å². The van der Waals surface area contributed by atoms with Crippen molar-refractivity contribution in [1.29, 1.82) is 0 Å². The van der Waals surface area contributed by atoms with Crippen molar-refractivity contribution >= 4 is 34.5 Å². The first-order valence-electron chi connectivity index (χ1n) is 7.08. The number of hydrogen-bond acceptors (Lipinski definition) is 5. The van der Waals surface area contributed by atoms with E-state index >= 15 is 0 Å². The van der Waals surface area contributed by atoms with Gasteiger partial charge in [-0.15, -0.1) is 0 Å². The molecule has 0 aliphatic rings. The third kappa shape index (κ3) is 3.62. The van der Waals surface area contributed by atoms with Crippen molar-refractivity contribution in [1.82, 2.24) is 15.0 Å². The maximum absolute atomic E-state index is 12.3. The largest absolute Gasteiger partial charge is 0.497 e. The molecule has 0 aliphatic carbocycles. The number of nitrogens with one attached hydrogen (secondary N) is 2. The van der Waals surface area contributed by atoms with Crippen LogP contribution in [0.3, 0.4) is 0 Å². The number of ether oxygens (including phenoxy) is 1. The molecule has 118 valence electrons. The summed E-state index contributed by atoms with van der Waals surface area (Å²) in [6.45, 7) is 1.83. The van der Waals surface area contributed by atoms with Gasteiger partial charge in [0.2, 0.25) is 5.91 Å². The molecule has 23 heavy (non-hydrogen) atoms. The number of H-pyrrole nitrogens is 1. The summed E-state index contributed by atoms with van der Waals surface area (Å²) in [5.74, 6) is 0.600. The highest BCUT2D eigenvalue weighted by molar-refractivity contribution is 8.00. The zero-order chi connectivity index (χ0) is 16.2. The van der Waals surface area contributed by atoms with E-state index in [0.717, 1.165) is 5.52 Å². The number of rotatable bonds is 5. The van der Waals surface area contributed by atoms with Crippen LogP contribution in [0.5, 0.6) is 5.75 Å². The average Bonchev–Trinajstić information content (AvgIpc) is 2.97. The summed E-state index contributed by atoms with van der Waals surface area (Å²) in [4.78, 5) is 24.0. The highest BCUT2D eigenvalue weighted by Gasteiger charge is 2.17. The number of nitrogens with zero attached hydrogens (tertiary/aromatic N) is 2. The van der Waals surface area contributed by atoms with Gasteiger partial charge >= 0.3 is 0 Å². The first-order chi connectivity index (χ1) is 11.2. The van der Waals surface area contributed by atoms with Gasteiger partial charge in [0.1, 0.15) is 5.75 Å². The van der Waals surface area contributed by atoms with Gasteiger partial charge in [-0.1, -0.05) is 17.8 Å². The molecule has 1 amide bonds. The molecule has 0 saturated carbocycles. The molecule has 6 nitrogen and oxygen atoms in total. The minimum absolute atomic E-state index is 0.100. The number of amides is 1. The Morgan fingerprint density at radius 3 is 3.00 bits per heavy atom. The number of benzene rings is 1. The quantitative estimate of drug-likeness (QED) is 0.704. The molecule has 3 rings (SSSR count). The predicted octanol–water partition coefficient (Wildman–Crippen LogP) is 3.09. The van der Waals surface area contributed by atoms with Crippen LogP contribution in [0.1, 0.15) is 6.92 Å². The number of thioether (sulfide) groups is 1. The SMILES string of the molecule is COc1cccc(NC(=O)[C@@H](C)Sc2nc3ncccc3[nH]2)c1. The van der Waals surface area contributed by atoms with Crippen molar-refractivity contribution in [2.24, 2.45) is 0 Å². The Balaban J connectivity index is 1.67. The van der Waals surface area contributed by atoms with Crippen LogP contribution in [0.4, 0.5) is 5.69 Å². The van der Waals surface area contributed by atoms with E-state index in [4.69, 9.17) is 4.74 Å². The summed E-state index contributed by atoms with van der Waals surface area (Å²) in [5.41, 5.74) is 2.21. The van der Waals surface area contributed by atoms with E-state index in [1.165, 1.54) is 11.8 Å². The molecule has 0 fully saturated rings. The molecule has 0 spiro atoms. The van der Waals surface area contributed by atoms with Gasteiger partial charge in [-0.05, 0) is 31.2 Å². The zero-order valence-corrected chi connectivity index (χ0v) is 13.6. The van der Waals surface area contributed by atoms with E-state index < -0.39 is 0 Å². The molecular weight excluding hydrogens is 312 g/mol. The lowest BCUT2D eigenvalue weighted by Crippen LogP contribution is -2.22. The predicted molar refractivity (Wildman–Crippen MR) is 90.8 cm³/mol. The fraction of sp³-hybridized carbons (Fsp3) is 0.188. The van der Waals surface area contributed by atoms with Crippen molar-refractivity contribution in [3.63, 3.8) is 0 Å². The monoisotopic (exact) mass is 328 g/mol. The van der Waals surface area contributed by atoms with Crippen molar-refractivity contribution in [3.05, 3.63) is 42.6 Å². The maximum atomic E-state index is 12.3. The third-order valence-corrected chi connectivity index (χ3v) is 4.21. The summed E-state index contributed by atoms with van der Waals surface area (Å²) < 4.78 is 5.15. The number of methoxy groups -OCH3 is 1. The molecule has 0 unspecified atom stereocenters. The molecule has 0 saturated heterocycles. The fourth-order valence-electron chi connectivity index (χ4n) is 2.04. The maximum Gasteiger partial charge on any atom is 0.237 e. The standard InChI is InChI=1S/C16H16N4O2S/c1-10(15(21)18-11-5-3-6-12(9-11)22-2)23-16-19-13-7-4-8-17-14(13)20-16/h3-10H,1-2H3,(H,18,21)(H,17,19,20)/t10-/m1/s1.